The molecule has 29 heavy (non-hydrogen) atoms. The molecular formula is C26H29O2P. The standard InChI is InChI=1S/C26H29O2P/c1-25(2,3)19-12-14-22(24(16-19)26(4,5)6)21-15-13-20(28-29-27)17-23(21)18-10-8-7-9-11-18/h7-17H,1-6H3. The van der Waals surface area contributed by atoms with E-state index in [9.17, 15) is 4.57 Å². The molecule has 0 spiro atoms. The summed E-state index contributed by atoms with van der Waals surface area (Å²) in [5, 5.41) is 0. The molecule has 0 aliphatic heterocycles. The van der Waals surface area contributed by atoms with Gasteiger partial charge >= 0.3 is 8.69 Å². The molecule has 0 saturated carbocycles. The van der Waals surface area contributed by atoms with Gasteiger partial charge in [0.2, 0.25) is 0 Å². The predicted octanol–water partition coefficient (Wildman–Crippen LogP) is 8.20. The third kappa shape index (κ3) is 4.77. The van der Waals surface area contributed by atoms with Crippen molar-refractivity contribution in [2.45, 2.75) is 52.4 Å². The first-order valence-electron chi connectivity index (χ1n) is 9.96. The Labute approximate surface area is 176 Å². The maximum Gasteiger partial charge on any atom is 0.395 e. The van der Waals surface area contributed by atoms with Crippen molar-refractivity contribution in [2.24, 2.45) is 0 Å². The molecule has 0 aliphatic rings. The van der Waals surface area contributed by atoms with Crippen LogP contribution in [0.4, 0.5) is 0 Å². The topological polar surface area (TPSA) is 26.3 Å². The second kappa shape index (κ2) is 8.13. The Morgan fingerprint density at radius 1 is 0.690 bits per heavy atom. The molecule has 3 rings (SSSR count). The van der Waals surface area contributed by atoms with Crippen LogP contribution >= 0.6 is 8.69 Å². The first-order chi connectivity index (χ1) is 13.6. The molecule has 0 saturated heterocycles. The lowest BCUT2D eigenvalue weighted by molar-refractivity contribution is 0.525. The van der Waals surface area contributed by atoms with E-state index in [1.165, 1.54) is 16.7 Å². The minimum atomic E-state index is -0.347. The zero-order chi connectivity index (χ0) is 21.2. The molecule has 3 heteroatoms. The third-order valence-corrected chi connectivity index (χ3v) is 5.49. The average Bonchev–Trinajstić information content (AvgIpc) is 2.67. The lowest BCUT2D eigenvalue weighted by Crippen LogP contribution is -2.17. The summed E-state index contributed by atoms with van der Waals surface area (Å²) in [7, 11) is -0.347. The van der Waals surface area contributed by atoms with E-state index in [1.54, 1.807) is 0 Å². The summed E-state index contributed by atoms with van der Waals surface area (Å²) in [4.78, 5) is 0. The molecule has 3 aromatic carbocycles. The minimum Gasteiger partial charge on any atom is -0.408 e. The van der Waals surface area contributed by atoms with Gasteiger partial charge in [-0.05, 0) is 56.3 Å². The monoisotopic (exact) mass is 404 g/mol. The van der Waals surface area contributed by atoms with Gasteiger partial charge in [-0.15, -0.1) is 0 Å². The Morgan fingerprint density at radius 2 is 1.34 bits per heavy atom. The summed E-state index contributed by atoms with van der Waals surface area (Å²) in [6.45, 7) is 13.5. The smallest absolute Gasteiger partial charge is 0.395 e. The van der Waals surface area contributed by atoms with Crippen molar-refractivity contribution < 1.29 is 9.09 Å². The molecule has 3 aromatic rings. The minimum absolute atomic E-state index is 0.00659. The largest absolute Gasteiger partial charge is 0.408 e. The Balaban J connectivity index is 2.29. The number of benzene rings is 3. The van der Waals surface area contributed by atoms with E-state index in [-0.39, 0.29) is 19.5 Å². The molecule has 0 unspecified atom stereocenters. The van der Waals surface area contributed by atoms with Crippen molar-refractivity contribution in [2.75, 3.05) is 0 Å². The van der Waals surface area contributed by atoms with Crippen molar-refractivity contribution in [3.05, 3.63) is 77.9 Å². The molecule has 0 N–H and O–H groups in total. The number of hydrogen-bond donors (Lipinski definition) is 0. The maximum atomic E-state index is 11.0. The Hall–Kier alpha value is -2.44. The van der Waals surface area contributed by atoms with E-state index >= 15 is 0 Å². The highest BCUT2D eigenvalue weighted by Crippen LogP contribution is 2.41. The lowest BCUT2D eigenvalue weighted by atomic mass is 9.76. The Bertz CT molecular complexity index is 1010. The van der Waals surface area contributed by atoms with E-state index in [1.807, 2.05) is 30.3 Å². The summed E-state index contributed by atoms with van der Waals surface area (Å²) >= 11 is 0. The molecule has 150 valence electrons. The van der Waals surface area contributed by atoms with Crippen LogP contribution in [0.5, 0.6) is 5.75 Å². The van der Waals surface area contributed by atoms with Crippen molar-refractivity contribution in [1.29, 1.82) is 0 Å². The van der Waals surface area contributed by atoms with Crippen LogP contribution in [0.25, 0.3) is 22.3 Å². The number of rotatable bonds is 4. The van der Waals surface area contributed by atoms with Crippen LogP contribution in [0.1, 0.15) is 52.7 Å². The summed E-state index contributed by atoms with van der Waals surface area (Å²) < 4.78 is 16.2. The highest BCUT2D eigenvalue weighted by atomic mass is 31.1. The normalized spacial score (nSPS) is 12.2. The maximum absolute atomic E-state index is 11.0. The van der Waals surface area contributed by atoms with Gasteiger partial charge in [-0.1, -0.05) is 96.1 Å². The van der Waals surface area contributed by atoms with Crippen molar-refractivity contribution >= 4 is 8.69 Å². The van der Waals surface area contributed by atoms with Crippen LogP contribution in [0.15, 0.2) is 66.7 Å². The molecule has 0 radical (unpaired) electrons. The van der Waals surface area contributed by atoms with Gasteiger partial charge in [-0.2, -0.15) is 0 Å². The first kappa shape index (κ1) is 21.3. The second-order valence-electron chi connectivity index (χ2n) is 9.50. The van der Waals surface area contributed by atoms with Crippen LogP contribution in [0, 0.1) is 0 Å². The fraction of sp³-hybridized carbons (Fsp3) is 0.308. The van der Waals surface area contributed by atoms with Crippen LogP contribution < -0.4 is 4.52 Å². The van der Waals surface area contributed by atoms with Gasteiger partial charge in [-0.25, -0.2) is 4.57 Å². The van der Waals surface area contributed by atoms with Gasteiger partial charge in [0.05, 0.1) is 0 Å². The third-order valence-electron chi connectivity index (χ3n) is 5.20. The summed E-state index contributed by atoms with van der Waals surface area (Å²) in [6, 6.07) is 23.0. The zero-order valence-electron chi connectivity index (χ0n) is 18.1. The number of hydrogen-bond acceptors (Lipinski definition) is 2. The summed E-state index contributed by atoms with van der Waals surface area (Å²) in [5.74, 6) is 0.591. The van der Waals surface area contributed by atoms with Crippen LogP contribution in [-0.4, -0.2) is 0 Å². The lowest BCUT2D eigenvalue weighted by Gasteiger charge is -2.28. The molecule has 0 amide bonds. The SMILES string of the molecule is CC(C)(C)c1ccc(-c2ccc(OP=O)cc2-c2ccccc2)c(C(C)(C)C)c1. The fourth-order valence-corrected chi connectivity index (χ4v) is 3.78. The zero-order valence-corrected chi connectivity index (χ0v) is 19.0. The van der Waals surface area contributed by atoms with Crippen molar-refractivity contribution in [1.82, 2.24) is 0 Å². The van der Waals surface area contributed by atoms with E-state index in [0.717, 1.165) is 16.7 Å². The van der Waals surface area contributed by atoms with Gasteiger partial charge in [0.15, 0.2) is 0 Å². The molecule has 0 aliphatic carbocycles. The summed E-state index contributed by atoms with van der Waals surface area (Å²) in [6.07, 6.45) is 0. The van der Waals surface area contributed by atoms with Crippen molar-refractivity contribution in [3.63, 3.8) is 0 Å². The molecule has 0 aromatic heterocycles. The van der Waals surface area contributed by atoms with E-state index in [4.69, 9.17) is 4.52 Å². The average molecular weight is 404 g/mol. The Kier molecular flexibility index (Phi) is 5.96. The van der Waals surface area contributed by atoms with Gasteiger partial charge in [0.1, 0.15) is 5.75 Å². The molecule has 0 heterocycles. The highest BCUT2D eigenvalue weighted by Gasteiger charge is 2.24. The summed E-state index contributed by atoms with van der Waals surface area (Å²) in [5.41, 5.74) is 7.28. The second-order valence-corrected chi connectivity index (χ2v) is 9.83. The van der Waals surface area contributed by atoms with E-state index in [2.05, 4.69) is 77.9 Å². The van der Waals surface area contributed by atoms with Crippen LogP contribution in [0.2, 0.25) is 0 Å². The molecular weight excluding hydrogens is 375 g/mol. The van der Waals surface area contributed by atoms with Gasteiger partial charge in [-0.3, -0.25) is 0 Å². The Morgan fingerprint density at radius 3 is 1.93 bits per heavy atom. The van der Waals surface area contributed by atoms with Crippen LogP contribution in [0.3, 0.4) is 0 Å². The van der Waals surface area contributed by atoms with Gasteiger partial charge < -0.3 is 4.52 Å². The van der Waals surface area contributed by atoms with E-state index < -0.39 is 0 Å². The molecule has 2 nitrogen and oxygen atoms in total. The van der Waals surface area contributed by atoms with Gasteiger partial charge in [0.25, 0.3) is 0 Å². The van der Waals surface area contributed by atoms with E-state index in [0.29, 0.717) is 5.75 Å². The van der Waals surface area contributed by atoms with Crippen molar-refractivity contribution in [3.8, 4) is 28.0 Å². The predicted molar refractivity (Wildman–Crippen MR) is 123 cm³/mol. The molecule has 0 fully saturated rings. The molecule has 0 bridgehead atoms. The quantitative estimate of drug-likeness (QED) is 0.410. The highest BCUT2D eigenvalue weighted by molar-refractivity contribution is 7.17. The first-order valence-corrected chi connectivity index (χ1v) is 10.7. The molecule has 0 atom stereocenters. The van der Waals surface area contributed by atoms with Crippen LogP contribution in [-0.2, 0) is 15.4 Å². The van der Waals surface area contributed by atoms with Gasteiger partial charge in [0, 0.05) is 0 Å². The fourth-order valence-electron chi connectivity index (χ4n) is 3.58.